The number of carboxylic acid groups (broad SMARTS) is 1. The predicted molar refractivity (Wildman–Crippen MR) is 137 cm³/mol. The van der Waals surface area contributed by atoms with E-state index in [0.717, 1.165) is 21.2 Å². The van der Waals surface area contributed by atoms with Crippen LogP contribution < -0.4 is 10.5 Å². The second-order valence-corrected chi connectivity index (χ2v) is 9.80. The molecule has 3 aromatic carbocycles. The highest BCUT2D eigenvalue weighted by molar-refractivity contribution is 9.10. The van der Waals surface area contributed by atoms with E-state index in [1.165, 1.54) is 6.92 Å². The second-order valence-electron chi connectivity index (χ2n) is 8.88. The number of likely N-dealkylation sites (tertiary alicyclic amines) is 1. The van der Waals surface area contributed by atoms with E-state index in [2.05, 4.69) is 15.9 Å². The molecule has 1 aliphatic rings. The first-order valence-electron chi connectivity index (χ1n) is 11.1. The molecule has 3 aromatic rings. The van der Waals surface area contributed by atoms with Crippen LogP contribution in [0, 0.1) is 10.8 Å². The number of carbonyl (C=O) groups excluding carboxylic acids is 1. The molecule has 180 valence electrons. The number of hydrogen-bond donors (Lipinski definition) is 3. The number of ether oxygens (including phenoxy) is 1. The van der Waals surface area contributed by atoms with Gasteiger partial charge in [-0.25, -0.2) is 0 Å². The monoisotopic (exact) mass is 535 g/mol. The first-order chi connectivity index (χ1) is 16.7. The summed E-state index contributed by atoms with van der Waals surface area (Å²) in [6.07, 6.45) is 0.179. The molecule has 0 bridgehead atoms. The Kier molecular flexibility index (Phi) is 6.93. The molecule has 1 saturated heterocycles. The Balaban J connectivity index is 1.47. The van der Waals surface area contributed by atoms with E-state index < -0.39 is 17.3 Å². The van der Waals surface area contributed by atoms with Gasteiger partial charge in [0.2, 0.25) is 5.91 Å². The van der Waals surface area contributed by atoms with Gasteiger partial charge in [0, 0.05) is 16.6 Å². The molecule has 2 atom stereocenters. The van der Waals surface area contributed by atoms with Gasteiger partial charge in [0.05, 0.1) is 6.04 Å². The van der Waals surface area contributed by atoms with E-state index in [-0.39, 0.29) is 24.9 Å². The molecule has 0 aromatic heterocycles. The van der Waals surface area contributed by atoms with Crippen molar-refractivity contribution in [3.8, 4) is 16.9 Å². The zero-order valence-corrected chi connectivity index (χ0v) is 20.8. The third kappa shape index (κ3) is 5.22. The molecule has 0 aliphatic carbocycles. The summed E-state index contributed by atoms with van der Waals surface area (Å²) in [6.45, 7) is 1.99. The zero-order chi connectivity index (χ0) is 25.2. The molecular weight excluding hydrogens is 510 g/mol. The number of nitrogens with two attached hydrogens (primary N) is 1. The lowest BCUT2D eigenvalue weighted by Gasteiger charge is -2.25. The van der Waals surface area contributed by atoms with Crippen molar-refractivity contribution in [3.63, 3.8) is 0 Å². The molecule has 0 unspecified atom stereocenters. The number of benzene rings is 3. The number of aliphatic carboxylic acids is 1. The van der Waals surface area contributed by atoms with Crippen LogP contribution in [0.15, 0.2) is 77.3 Å². The Morgan fingerprint density at radius 1 is 1.09 bits per heavy atom. The predicted octanol–water partition coefficient (Wildman–Crippen LogP) is 4.67. The van der Waals surface area contributed by atoms with Crippen molar-refractivity contribution in [2.75, 3.05) is 6.61 Å². The SMILES string of the molecule is C[C@]1(C(=O)O)C[C@@H](COc2ccc(-c3ccc(C(=N)N)cc3)cc2)N(Cc2ccc(Br)cc2)C1=O. The summed E-state index contributed by atoms with van der Waals surface area (Å²) in [5, 5.41) is 17.2. The Bertz CT molecular complexity index is 1240. The Hall–Kier alpha value is -3.65. The lowest BCUT2D eigenvalue weighted by atomic mass is 9.87. The van der Waals surface area contributed by atoms with Crippen LogP contribution in [0.25, 0.3) is 11.1 Å². The first kappa shape index (κ1) is 24.5. The molecular formula is C27H26BrN3O4. The fourth-order valence-electron chi connectivity index (χ4n) is 4.24. The Morgan fingerprint density at radius 2 is 1.66 bits per heavy atom. The number of carboxylic acids is 1. The van der Waals surface area contributed by atoms with Gasteiger partial charge in [0.25, 0.3) is 0 Å². The number of nitrogens with zero attached hydrogens (tertiary/aromatic N) is 1. The van der Waals surface area contributed by atoms with Gasteiger partial charge in [-0.2, -0.15) is 0 Å². The minimum Gasteiger partial charge on any atom is -0.491 e. The van der Waals surface area contributed by atoms with Crippen molar-refractivity contribution < 1.29 is 19.4 Å². The van der Waals surface area contributed by atoms with Crippen molar-refractivity contribution in [2.24, 2.45) is 11.1 Å². The average Bonchev–Trinajstić information content (AvgIpc) is 3.10. The smallest absolute Gasteiger partial charge is 0.319 e. The maximum atomic E-state index is 13.1. The molecule has 1 heterocycles. The quantitative estimate of drug-likeness (QED) is 0.220. The lowest BCUT2D eigenvalue weighted by molar-refractivity contribution is -0.155. The molecule has 0 radical (unpaired) electrons. The molecule has 0 saturated carbocycles. The van der Waals surface area contributed by atoms with E-state index in [1.807, 2.05) is 60.7 Å². The summed E-state index contributed by atoms with van der Waals surface area (Å²) in [6, 6.07) is 22.2. The molecule has 8 heteroatoms. The number of carbonyl (C=O) groups is 2. The highest BCUT2D eigenvalue weighted by atomic mass is 79.9. The van der Waals surface area contributed by atoms with Crippen molar-refractivity contribution in [2.45, 2.75) is 25.9 Å². The van der Waals surface area contributed by atoms with Gasteiger partial charge in [-0.05, 0) is 54.3 Å². The van der Waals surface area contributed by atoms with Crippen molar-refractivity contribution in [1.29, 1.82) is 5.41 Å². The lowest BCUT2D eigenvalue weighted by Crippen LogP contribution is -2.40. The van der Waals surface area contributed by atoms with Gasteiger partial charge in [0.1, 0.15) is 23.6 Å². The minimum atomic E-state index is -1.47. The van der Waals surface area contributed by atoms with E-state index in [9.17, 15) is 14.7 Å². The summed E-state index contributed by atoms with van der Waals surface area (Å²) in [4.78, 5) is 26.6. The van der Waals surface area contributed by atoms with Crippen LogP contribution in [0.2, 0.25) is 0 Å². The molecule has 4 N–H and O–H groups in total. The van der Waals surface area contributed by atoms with E-state index in [1.54, 1.807) is 17.0 Å². The van der Waals surface area contributed by atoms with E-state index >= 15 is 0 Å². The fraction of sp³-hybridized carbons (Fsp3) is 0.222. The van der Waals surface area contributed by atoms with Crippen molar-refractivity contribution >= 4 is 33.6 Å². The molecule has 35 heavy (non-hydrogen) atoms. The minimum absolute atomic E-state index is 0.0267. The van der Waals surface area contributed by atoms with Crippen LogP contribution in [-0.4, -0.2) is 40.4 Å². The van der Waals surface area contributed by atoms with Gasteiger partial charge < -0.3 is 20.5 Å². The van der Waals surface area contributed by atoms with E-state index in [4.69, 9.17) is 15.9 Å². The standard InChI is InChI=1S/C27H26BrN3O4/c1-27(26(33)34)14-22(31(25(27)32)15-17-2-10-21(28)11-3-17)16-35-23-12-8-19(9-13-23)18-4-6-20(7-5-18)24(29)30/h2-13,22H,14-16H2,1H3,(H3,29,30)(H,33,34)/t22-,27-/m0/s1. The highest BCUT2D eigenvalue weighted by Gasteiger charge is 2.53. The summed E-state index contributed by atoms with van der Waals surface area (Å²) in [7, 11) is 0. The molecule has 4 rings (SSSR count). The Labute approximate surface area is 212 Å². The summed E-state index contributed by atoms with van der Waals surface area (Å²) in [5.74, 6) is -0.857. The van der Waals surface area contributed by atoms with Crippen LogP contribution >= 0.6 is 15.9 Å². The third-order valence-electron chi connectivity index (χ3n) is 6.38. The molecule has 7 nitrogen and oxygen atoms in total. The number of nitrogens with one attached hydrogen (secondary N) is 1. The Morgan fingerprint density at radius 3 is 2.20 bits per heavy atom. The number of halogens is 1. The van der Waals surface area contributed by atoms with Gasteiger partial charge in [0.15, 0.2) is 0 Å². The molecule has 0 spiro atoms. The van der Waals surface area contributed by atoms with Crippen molar-refractivity contribution in [1.82, 2.24) is 4.90 Å². The number of nitrogen functional groups attached to an aromatic ring is 1. The van der Waals surface area contributed by atoms with Crippen molar-refractivity contribution in [3.05, 3.63) is 88.4 Å². The summed E-state index contributed by atoms with van der Waals surface area (Å²) >= 11 is 3.41. The number of amides is 1. The summed E-state index contributed by atoms with van der Waals surface area (Å²) < 4.78 is 6.93. The van der Waals surface area contributed by atoms with Crippen LogP contribution in [0.5, 0.6) is 5.75 Å². The summed E-state index contributed by atoms with van der Waals surface area (Å²) in [5.41, 5.74) is 7.60. The third-order valence-corrected chi connectivity index (χ3v) is 6.91. The van der Waals surface area contributed by atoms with Gasteiger partial charge in [-0.3, -0.25) is 15.0 Å². The van der Waals surface area contributed by atoms with Gasteiger partial charge >= 0.3 is 5.97 Å². The topological polar surface area (TPSA) is 117 Å². The van der Waals surface area contributed by atoms with Crippen LogP contribution in [0.3, 0.4) is 0 Å². The maximum Gasteiger partial charge on any atom is 0.319 e. The average molecular weight is 536 g/mol. The van der Waals surface area contributed by atoms with Gasteiger partial charge in [-0.15, -0.1) is 0 Å². The number of rotatable bonds is 8. The highest BCUT2D eigenvalue weighted by Crippen LogP contribution is 2.38. The fourth-order valence-corrected chi connectivity index (χ4v) is 4.51. The second kappa shape index (κ2) is 9.92. The molecule has 1 fully saturated rings. The van der Waals surface area contributed by atoms with Gasteiger partial charge in [-0.1, -0.05) is 64.5 Å². The van der Waals surface area contributed by atoms with E-state index in [0.29, 0.717) is 17.9 Å². The van der Waals surface area contributed by atoms with Crippen LogP contribution in [0.1, 0.15) is 24.5 Å². The molecule has 1 amide bonds. The maximum absolute atomic E-state index is 13.1. The first-order valence-corrected chi connectivity index (χ1v) is 11.9. The largest absolute Gasteiger partial charge is 0.491 e. The van der Waals surface area contributed by atoms with Crippen LogP contribution in [0.4, 0.5) is 0 Å². The number of amidine groups is 1. The normalized spacial score (nSPS) is 19.5. The van der Waals surface area contributed by atoms with Crippen LogP contribution in [-0.2, 0) is 16.1 Å². The molecule has 1 aliphatic heterocycles. The number of hydrogen-bond acceptors (Lipinski definition) is 4. The zero-order valence-electron chi connectivity index (χ0n) is 19.2.